The van der Waals surface area contributed by atoms with Crippen LogP contribution in [-0.2, 0) is 6.42 Å². The van der Waals surface area contributed by atoms with Crippen molar-refractivity contribution >= 4 is 28.7 Å². The first-order chi connectivity index (χ1) is 15.5. The second-order valence-electron chi connectivity index (χ2n) is 8.73. The molecule has 33 heavy (non-hydrogen) atoms. The van der Waals surface area contributed by atoms with Crippen molar-refractivity contribution in [2.45, 2.75) is 33.2 Å². The summed E-state index contributed by atoms with van der Waals surface area (Å²) in [5.41, 5.74) is 0.121. The van der Waals surface area contributed by atoms with Gasteiger partial charge in [-0.3, -0.25) is 4.79 Å². The summed E-state index contributed by atoms with van der Waals surface area (Å²) >= 11 is 5.90. The molecule has 0 aliphatic carbocycles. The summed E-state index contributed by atoms with van der Waals surface area (Å²) in [6, 6.07) is 7.27. The highest BCUT2D eigenvalue weighted by atomic mass is 35.5. The normalized spacial score (nSPS) is 12.6. The Balaban J connectivity index is 2.33. The quantitative estimate of drug-likeness (QED) is 0.483. The molecule has 7 nitrogen and oxygen atoms in total. The first-order valence-corrected chi connectivity index (χ1v) is 10.6. The van der Waals surface area contributed by atoms with E-state index in [0.717, 1.165) is 0 Å². The molecule has 0 spiro atoms. The van der Waals surface area contributed by atoms with Crippen molar-refractivity contribution in [2.75, 3.05) is 13.7 Å². The molecule has 0 aliphatic rings. The number of aliphatic hydroxyl groups is 1. The topological polar surface area (TPSA) is 98.0 Å². The van der Waals surface area contributed by atoms with E-state index in [0.29, 0.717) is 22.4 Å². The highest BCUT2D eigenvalue weighted by Crippen LogP contribution is 2.36. The van der Waals surface area contributed by atoms with Crippen molar-refractivity contribution in [3.8, 4) is 11.5 Å². The molecule has 2 aromatic carbocycles. The van der Waals surface area contributed by atoms with Gasteiger partial charge >= 0.3 is 6.16 Å². The van der Waals surface area contributed by atoms with Gasteiger partial charge in [0.05, 0.1) is 41.9 Å². The van der Waals surface area contributed by atoms with Gasteiger partial charge in [-0.15, -0.1) is 0 Å². The third-order valence-corrected chi connectivity index (χ3v) is 5.81. The number of rotatable bonds is 6. The average Bonchev–Trinajstić information content (AvgIpc) is 2.73. The second-order valence-corrected chi connectivity index (χ2v) is 9.14. The van der Waals surface area contributed by atoms with Crippen molar-refractivity contribution in [3.63, 3.8) is 0 Å². The van der Waals surface area contributed by atoms with Crippen LogP contribution in [0.4, 0.5) is 9.18 Å². The predicted molar refractivity (Wildman–Crippen MR) is 123 cm³/mol. The lowest BCUT2D eigenvalue weighted by atomic mass is 9.86. The largest absolute Gasteiger partial charge is 0.511 e. The van der Waals surface area contributed by atoms with E-state index in [1.165, 1.54) is 25.4 Å². The first kappa shape index (κ1) is 24.5. The molecule has 176 valence electrons. The number of hydrogen-bond donors (Lipinski definition) is 2. The molecule has 0 saturated carbocycles. The maximum absolute atomic E-state index is 14.5. The maximum Gasteiger partial charge on any atom is 0.511 e. The third-order valence-electron chi connectivity index (χ3n) is 5.52. The van der Waals surface area contributed by atoms with Crippen LogP contribution in [0.3, 0.4) is 0 Å². The molecule has 9 heteroatoms. The van der Waals surface area contributed by atoms with Gasteiger partial charge < -0.3 is 24.3 Å². The molecular weight excluding hydrogens is 453 g/mol. The molecule has 0 unspecified atom stereocenters. The fraction of sp³-hybridized carbons (Fsp3) is 0.333. The van der Waals surface area contributed by atoms with Crippen molar-refractivity contribution in [3.05, 3.63) is 68.7 Å². The number of pyridine rings is 1. The predicted octanol–water partition coefficient (Wildman–Crippen LogP) is 5.03. The minimum atomic E-state index is -1.64. The zero-order valence-electron chi connectivity index (χ0n) is 18.7. The van der Waals surface area contributed by atoms with Gasteiger partial charge in [-0.1, -0.05) is 44.5 Å². The average molecular weight is 478 g/mol. The Hall–Kier alpha value is -3.10. The van der Waals surface area contributed by atoms with E-state index < -0.39 is 34.6 Å². The second kappa shape index (κ2) is 9.41. The number of benzene rings is 2. The zero-order chi connectivity index (χ0) is 24.5. The Morgan fingerprint density at radius 1 is 1.21 bits per heavy atom. The Labute approximate surface area is 194 Å². The van der Waals surface area contributed by atoms with Gasteiger partial charge in [0.25, 0.3) is 0 Å². The highest BCUT2D eigenvalue weighted by molar-refractivity contribution is 6.30. The Bertz CT molecular complexity index is 1260. The number of methoxy groups -OCH3 is 1. The molecule has 1 atom stereocenters. The number of carboxylic acid groups (broad SMARTS) is 1. The number of aliphatic hydroxyl groups excluding tert-OH is 1. The molecule has 0 fully saturated rings. The van der Waals surface area contributed by atoms with Gasteiger partial charge in [-0.25, -0.2) is 9.18 Å². The fourth-order valence-corrected chi connectivity index (χ4v) is 4.01. The Morgan fingerprint density at radius 2 is 1.91 bits per heavy atom. The standard InChI is InChI=1S/C24H25ClFNO6/c1-24(2,3)20(12-28)27-11-19(33-23(30)31)22(29)15-9-14(18(32-4)10-17(15)27)8-13-6-5-7-16(25)21(13)26/h5-7,9-11,20,28H,8,12H2,1-4H3,(H,30,31)/t20-/m1/s1. The smallest absolute Gasteiger partial charge is 0.496 e. The molecular formula is C24H25ClFNO6. The van der Waals surface area contributed by atoms with Gasteiger partial charge in [0, 0.05) is 12.5 Å². The minimum Gasteiger partial charge on any atom is -0.496 e. The third kappa shape index (κ3) is 4.96. The van der Waals surface area contributed by atoms with E-state index >= 15 is 0 Å². The van der Waals surface area contributed by atoms with E-state index in [9.17, 15) is 19.1 Å². The molecule has 3 aromatic rings. The molecule has 0 amide bonds. The molecule has 1 heterocycles. The van der Waals surface area contributed by atoms with Crippen LogP contribution in [0.15, 0.2) is 41.3 Å². The van der Waals surface area contributed by atoms with E-state index in [-0.39, 0.29) is 23.4 Å². The van der Waals surface area contributed by atoms with Crippen LogP contribution in [0.2, 0.25) is 5.02 Å². The summed E-state index contributed by atoms with van der Waals surface area (Å²) in [4.78, 5) is 24.3. The summed E-state index contributed by atoms with van der Waals surface area (Å²) in [6.07, 6.45) is -0.276. The van der Waals surface area contributed by atoms with Crippen molar-refractivity contribution in [1.82, 2.24) is 4.57 Å². The molecule has 0 saturated heterocycles. The van der Waals surface area contributed by atoms with Crippen LogP contribution in [0.5, 0.6) is 11.5 Å². The van der Waals surface area contributed by atoms with Gasteiger partial charge in [-0.05, 0) is 28.7 Å². The number of nitrogens with zero attached hydrogens (tertiary/aromatic N) is 1. The number of halogens is 2. The first-order valence-electron chi connectivity index (χ1n) is 10.2. The summed E-state index contributed by atoms with van der Waals surface area (Å²) in [6.45, 7) is 5.45. The highest BCUT2D eigenvalue weighted by Gasteiger charge is 2.28. The van der Waals surface area contributed by atoms with Gasteiger partial charge in [0.15, 0.2) is 5.75 Å². The zero-order valence-corrected chi connectivity index (χ0v) is 19.4. The Morgan fingerprint density at radius 3 is 2.48 bits per heavy atom. The minimum absolute atomic E-state index is 0.0253. The van der Waals surface area contributed by atoms with Crippen molar-refractivity contribution in [2.24, 2.45) is 5.41 Å². The van der Waals surface area contributed by atoms with Crippen LogP contribution in [0, 0.1) is 11.2 Å². The molecule has 0 bridgehead atoms. The summed E-state index contributed by atoms with van der Waals surface area (Å²) < 4.78 is 26.4. The SMILES string of the molecule is COc1cc2c(cc1Cc1cccc(Cl)c1F)c(=O)c(OC(=O)O)cn2[C@H](CO)C(C)(C)C. The van der Waals surface area contributed by atoms with Crippen LogP contribution in [0.25, 0.3) is 10.9 Å². The van der Waals surface area contributed by atoms with Gasteiger partial charge in [0.1, 0.15) is 11.6 Å². The lowest BCUT2D eigenvalue weighted by molar-refractivity contribution is 0.136. The molecule has 1 aromatic heterocycles. The number of fused-ring (bicyclic) bond motifs is 1. The molecule has 2 N–H and O–H groups in total. The Kier molecular flexibility index (Phi) is 7.00. The molecule has 0 aliphatic heterocycles. The monoisotopic (exact) mass is 477 g/mol. The lowest BCUT2D eigenvalue weighted by Gasteiger charge is -2.33. The van der Waals surface area contributed by atoms with Crippen molar-refractivity contribution < 1.29 is 28.9 Å². The maximum atomic E-state index is 14.5. The summed E-state index contributed by atoms with van der Waals surface area (Å²) in [5, 5.41) is 19.3. The number of hydrogen-bond acceptors (Lipinski definition) is 5. The molecule has 3 rings (SSSR count). The van der Waals surface area contributed by atoms with Crippen LogP contribution in [0.1, 0.15) is 37.9 Å². The summed E-state index contributed by atoms with van der Waals surface area (Å²) in [5.74, 6) is -0.579. The van der Waals surface area contributed by atoms with E-state index in [1.54, 1.807) is 22.8 Å². The molecule has 0 radical (unpaired) electrons. The fourth-order valence-electron chi connectivity index (χ4n) is 3.82. The van der Waals surface area contributed by atoms with Gasteiger partial charge in [-0.2, -0.15) is 0 Å². The summed E-state index contributed by atoms with van der Waals surface area (Å²) in [7, 11) is 1.45. The number of ether oxygens (including phenoxy) is 2. The number of carbonyl (C=O) groups is 1. The number of aromatic nitrogens is 1. The van der Waals surface area contributed by atoms with E-state index in [4.69, 9.17) is 26.2 Å². The van der Waals surface area contributed by atoms with Crippen LogP contribution < -0.4 is 14.9 Å². The van der Waals surface area contributed by atoms with E-state index in [2.05, 4.69) is 0 Å². The van der Waals surface area contributed by atoms with Gasteiger partial charge in [0.2, 0.25) is 5.43 Å². The lowest BCUT2D eigenvalue weighted by Crippen LogP contribution is -2.29. The van der Waals surface area contributed by atoms with Crippen molar-refractivity contribution in [1.29, 1.82) is 0 Å². The van der Waals surface area contributed by atoms with Crippen LogP contribution in [-0.4, -0.2) is 34.7 Å². The van der Waals surface area contributed by atoms with E-state index in [1.807, 2.05) is 20.8 Å². The van der Waals surface area contributed by atoms with Crippen LogP contribution >= 0.6 is 11.6 Å².